The SMILES string of the molecule is CCCNC(=O)C1CC(=O)N(c2ccc(OCC(=O)Nc3cccc(Cl)c3C)cc2)C1. The van der Waals surface area contributed by atoms with Gasteiger partial charge in [0, 0.05) is 35.9 Å². The monoisotopic (exact) mass is 443 g/mol. The van der Waals surface area contributed by atoms with Crippen LogP contribution in [0.5, 0.6) is 5.75 Å². The van der Waals surface area contributed by atoms with Gasteiger partial charge in [-0.25, -0.2) is 0 Å². The number of carbonyl (C=O) groups is 3. The first-order valence-electron chi connectivity index (χ1n) is 10.2. The van der Waals surface area contributed by atoms with Crippen LogP contribution in [0.1, 0.15) is 25.3 Å². The second kappa shape index (κ2) is 10.3. The van der Waals surface area contributed by atoms with Crippen molar-refractivity contribution in [3.05, 3.63) is 53.1 Å². The molecule has 1 fully saturated rings. The van der Waals surface area contributed by atoms with Crippen molar-refractivity contribution in [3.63, 3.8) is 0 Å². The standard InChI is InChI=1S/C23H26ClN3O4/c1-3-11-25-23(30)16-12-22(29)27(13-16)17-7-9-18(10-8-17)31-14-21(28)26-20-6-4-5-19(24)15(20)2/h4-10,16H,3,11-14H2,1-2H3,(H,25,30)(H,26,28). The Hall–Kier alpha value is -3.06. The number of amides is 3. The van der Waals surface area contributed by atoms with Crippen LogP contribution in [0.3, 0.4) is 0 Å². The molecule has 7 nitrogen and oxygen atoms in total. The van der Waals surface area contributed by atoms with E-state index in [-0.39, 0.29) is 36.7 Å². The maximum absolute atomic E-state index is 12.3. The molecule has 0 bridgehead atoms. The summed E-state index contributed by atoms with van der Waals surface area (Å²) in [7, 11) is 0. The number of benzene rings is 2. The largest absolute Gasteiger partial charge is 0.484 e. The van der Waals surface area contributed by atoms with E-state index in [1.54, 1.807) is 47.4 Å². The van der Waals surface area contributed by atoms with Gasteiger partial charge >= 0.3 is 0 Å². The van der Waals surface area contributed by atoms with E-state index in [1.165, 1.54) is 0 Å². The van der Waals surface area contributed by atoms with E-state index in [9.17, 15) is 14.4 Å². The maximum atomic E-state index is 12.3. The number of halogens is 1. The van der Waals surface area contributed by atoms with E-state index in [2.05, 4.69) is 10.6 Å². The van der Waals surface area contributed by atoms with Crippen molar-refractivity contribution < 1.29 is 19.1 Å². The summed E-state index contributed by atoms with van der Waals surface area (Å²) in [5.41, 5.74) is 2.13. The summed E-state index contributed by atoms with van der Waals surface area (Å²) < 4.78 is 5.55. The van der Waals surface area contributed by atoms with Crippen molar-refractivity contribution in [2.75, 3.05) is 29.9 Å². The Balaban J connectivity index is 1.53. The van der Waals surface area contributed by atoms with Crippen LogP contribution in [0.25, 0.3) is 0 Å². The molecule has 8 heteroatoms. The number of nitrogens with zero attached hydrogens (tertiary/aromatic N) is 1. The molecule has 1 aliphatic heterocycles. The van der Waals surface area contributed by atoms with Crippen LogP contribution in [0, 0.1) is 12.8 Å². The average molecular weight is 444 g/mol. The molecule has 2 aromatic rings. The Morgan fingerprint density at radius 2 is 1.94 bits per heavy atom. The van der Waals surface area contributed by atoms with Gasteiger partial charge in [0.05, 0.1) is 5.92 Å². The first-order chi connectivity index (χ1) is 14.9. The van der Waals surface area contributed by atoms with Crippen LogP contribution in [0.2, 0.25) is 5.02 Å². The highest BCUT2D eigenvalue weighted by molar-refractivity contribution is 6.31. The molecule has 1 heterocycles. The molecule has 1 aliphatic rings. The highest BCUT2D eigenvalue weighted by atomic mass is 35.5. The van der Waals surface area contributed by atoms with E-state index in [0.717, 1.165) is 12.0 Å². The van der Waals surface area contributed by atoms with Gasteiger partial charge in [-0.15, -0.1) is 0 Å². The quantitative estimate of drug-likeness (QED) is 0.653. The summed E-state index contributed by atoms with van der Waals surface area (Å²) in [6.45, 7) is 4.62. The molecule has 31 heavy (non-hydrogen) atoms. The van der Waals surface area contributed by atoms with Crippen molar-refractivity contribution in [1.82, 2.24) is 5.32 Å². The third-order valence-electron chi connectivity index (χ3n) is 5.11. The van der Waals surface area contributed by atoms with Gasteiger partial charge in [0.15, 0.2) is 6.61 Å². The van der Waals surface area contributed by atoms with Gasteiger partial charge < -0.3 is 20.3 Å². The van der Waals surface area contributed by atoms with Crippen LogP contribution in [0.4, 0.5) is 11.4 Å². The zero-order chi connectivity index (χ0) is 22.4. The number of nitrogens with one attached hydrogen (secondary N) is 2. The first-order valence-corrected chi connectivity index (χ1v) is 10.6. The van der Waals surface area contributed by atoms with E-state index in [4.69, 9.17) is 16.3 Å². The van der Waals surface area contributed by atoms with Gasteiger partial charge in [-0.2, -0.15) is 0 Å². The molecule has 2 aromatic carbocycles. The Morgan fingerprint density at radius 1 is 1.19 bits per heavy atom. The Kier molecular flexibility index (Phi) is 7.52. The minimum absolute atomic E-state index is 0.0819. The van der Waals surface area contributed by atoms with Crippen molar-refractivity contribution in [2.24, 2.45) is 5.92 Å². The lowest BCUT2D eigenvalue weighted by molar-refractivity contribution is -0.126. The van der Waals surface area contributed by atoms with Gasteiger partial charge in [0.25, 0.3) is 5.91 Å². The third kappa shape index (κ3) is 5.76. The minimum atomic E-state index is -0.339. The number of hydrogen-bond acceptors (Lipinski definition) is 4. The number of ether oxygens (including phenoxy) is 1. The summed E-state index contributed by atoms with van der Waals surface area (Å²) in [6.07, 6.45) is 1.06. The van der Waals surface area contributed by atoms with Gasteiger partial charge in [-0.05, 0) is 55.3 Å². The van der Waals surface area contributed by atoms with Crippen molar-refractivity contribution >= 4 is 40.7 Å². The molecule has 0 spiro atoms. The van der Waals surface area contributed by atoms with Gasteiger partial charge in [0.1, 0.15) is 5.75 Å². The van der Waals surface area contributed by atoms with E-state index in [0.29, 0.717) is 35.2 Å². The molecule has 0 aliphatic carbocycles. The molecule has 1 unspecified atom stereocenters. The second-order valence-corrected chi connectivity index (χ2v) is 7.85. The summed E-state index contributed by atoms with van der Waals surface area (Å²) >= 11 is 6.07. The summed E-state index contributed by atoms with van der Waals surface area (Å²) in [4.78, 5) is 38.3. The second-order valence-electron chi connectivity index (χ2n) is 7.44. The highest BCUT2D eigenvalue weighted by Gasteiger charge is 2.34. The van der Waals surface area contributed by atoms with Crippen LogP contribution < -0.4 is 20.3 Å². The molecule has 0 aromatic heterocycles. The molecule has 3 rings (SSSR count). The molecule has 0 radical (unpaired) electrons. The van der Waals surface area contributed by atoms with Crippen LogP contribution in [0.15, 0.2) is 42.5 Å². The predicted molar refractivity (Wildman–Crippen MR) is 121 cm³/mol. The normalized spacial score (nSPS) is 15.6. The first kappa shape index (κ1) is 22.6. The number of carbonyl (C=O) groups excluding carboxylic acids is 3. The molecule has 1 saturated heterocycles. The van der Waals surface area contributed by atoms with E-state index in [1.807, 2.05) is 13.8 Å². The van der Waals surface area contributed by atoms with Gasteiger partial charge in [-0.3, -0.25) is 14.4 Å². The predicted octanol–water partition coefficient (Wildman–Crippen LogP) is 3.55. The lowest BCUT2D eigenvalue weighted by atomic mass is 10.1. The van der Waals surface area contributed by atoms with Crippen LogP contribution in [-0.2, 0) is 14.4 Å². The zero-order valence-electron chi connectivity index (χ0n) is 17.6. The maximum Gasteiger partial charge on any atom is 0.262 e. The van der Waals surface area contributed by atoms with Gasteiger partial charge in [0.2, 0.25) is 11.8 Å². The lowest BCUT2D eigenvalue weighted by Gasteiger charge is -2.17. The van der Waals surface area contributed by atoms with E-state index < -0.39 is 0 Å². The molecular weight excluding hydrogens is 418 g/mol. The summed E-state index contributed by atoms with van der Waals surface area (Å²) in [6, 6.07) is 12.2. The van der Waals surface area contributed by atoms with Crippen LogP contribution in [-0.4, -0.2) is 37.4 Å². The zero-order valence-corrected chi connectivity index (χ0v) is 18.4. The fourth-order valence-electron chi connectivity index (χ4n) is 3.33. The molecular formula is C23H26ClN3O4. The Morgan fingerprint density at radius 3 is 2.65 bits per heavy atom. The molecule has 2 N–H and O–H groups in total. The average Bonchev–Trinajstić information content (AvgIpc) is 3.16. The van der Waals surface area contributed by atoms with Gasteiger partial charge in [-0.1, -0.05) is 24.6 Å². The molecule has 0 saturated carbocycles. The highest BCUT2D eigenvalue weighted by Crippen LogP contribution is 2.27. The number of hydrogen-bond donors (Lipinski definition) is 2. The van der Waals surface area contributed by atoms with Crippen molar-refractivity contribution in [2.45, 2.75) is 26.7 Å². The fourth-order valence-corrected chi connectivity index (χ4v) is 3.50. The Bertz CT molecular complexity index is 962. The van der Waals surface area contributed by atoms with Crippen LogP contribution >= 0.6 is 11.6 Å². The third-order valence-corrected chi connectivity index (χ3v) is 5.51. The Labute approximate surface area is 186 Å². The lowest BCUT2D eigenvalue weighted by Crippen LogP contribution is -2.33. The molecule has 164 valence electrons. The van der Waals surface area contributed by atoms with Crippen molar-refractivity contribution in [1.29, 1.82) is 0 Å². The molecule has 3 amide bonds. The number of rotatable bonds is 8. The minimum Gasteiger partial charge on any atom is -0.484 e. The number of anilines is 2. The smallest absolute Gasteiger partial charge is 0.262 e. The van der Waals surface area contributed by atoms with Crippen molar-refractivity contribution in [3.8, 4) is 5.75 Å². The molecule has 1 atom stereocenters. The topological polar surface area (TPSA) is 87.7 Å². The van der Waals surface area contributed by atoms with E-state index >= 15 is 0 Å². The summed E-state index contributed by atoms with van der Waals surface area (Å²) in [5.74, 6) is -0.301. The fraction of sp³-hybridized carbons (Fsp3) is 0.348. The summed E-state index contributed by atoms with van der Waals surface area (Å²) in [5, 5.41) is 6.20.